The highest BCUT2D eigenvalue weighted by Gasteiger charge is 2.02. The first-order valence-corrected chi connectivity index (χ1v) is 3.76. The Balaban J connectivity index is 2.41. The molecule has 1 N–H and O–H groups in total. The van der Waals surface area contributed by atoms with Gasteiger partial charge in [-0.25, -0.2) is 9.97 Å². The molecule has 66 valence electrons. The predicted molar refractivity (Wildman–Crippen MR) is 45.9 cm³/mol. The minimum absolute atomic E-state index is 0.0626. The average Bonchev–Trinajstić information content (AvgIpc) is 2.53. The third kappa shape index (κ3) is 1.48. The molecule has 5 heteroatoms. The summed E-state index contributed by atoms with van der Waals surface area (Å²) in [6.07, 6.45) is 6.20. The van der Waals surface area contributed by atoms with Gasteiger partial charge in [-0.05, 0) is 0 Å². The van der Waals surface area contributed by atoms with E-state index in [0.29, 0.717) is 5.82 Å². The van der Waals surface area contributed by atoms with Crippen molar-refractivity contribution in [2.75, 3.05) is 0 Å². The van der Waals surface area contributed by atoms with Crippen molar-refractivity contribution in [1.29, 1.82) is 0 Å². The van der Waals surface area contributed by atoms with Gasteiger partial charge >= 0.3 is 0 Å². The van der Waals surface area contributed by atoms with Crippen LogP contribution in [0.2, 0.25) is 0 Å². The molecule has 0 spiro atoms. The third-order valence-electron chi connectivity index (χ3n) is 1.60. The highest BCUT2D eigenvalue weighted by atomic mass is 16.3. The Kier molecular flexibility index (Phi) is 1.70. The first-order valence-electron chi connectivity index (χ1n) is 3.76. The van der Waals surface area contributed by atoms with Crippen LogP contribution < -0.4 is 0 Å². The Morgan fingerprint density at radius 3 is 2.46 bits per heavy atom. The van der Waals surface area contributed by atoms with E-state index < -0.39 is 0 Å². The lowest BCUT2D eigenvalue weighted by Crippen LogP contribution is -1.86. The molecule has 13 heavy (non-hydrogen) atoms. The van der Waals surface area contributed by atoms with Crippen LogP contribution in [0.4, 0.5) is 0 Å². The van der Waals surface area contributed by atoms with Gasteiger partial charge in [0.2, 0.25) is 0 Å². The van der Waals surface area contributed by atoms with Crippen LogP contribution >= 0.6 is 0 Å². The minimum atomic E-state index is 0.0626. The normalized spacial score (nSPS) is 10.2. The molecule has 0 aliphatic heterocycles. The molecule has 0 saturated heterocycles. The van der Waals surface area contributed by atoms with Crippen LogP contribution in [0.15, 0.2) is 24.8 Å². The maximum Gasteiger partial charge on any atom is 0.162 e. The van der Waals surface area contributed by atoms with Crippen LogP contribution in [-0.4, -0.2) is 24.9 Å². The van der Waals surface area contributed by atoms with Crippen molar-refractivity contribution in [2.24, 2.45) is 7.05 Å². The lowest BCUT2D eigenvalue weighted by molar-refractivity contribution is 0.470. The fourth-order valence-corrected chi connectivity index (χ4v) is 1.01. The summed E-state index contributed by atoms with van der Waals surface area (Å²) in [4.78, 5) is 7.89. The van der Waals surface area contributed by atoms with Gasteiger partial charge < -0.3 is 5.11 Å². The number of rotatable bonds is 1. The minimum Gasteiger partial charge on any atom is -0.505 e. The van der Waals surface area contributed by atoms with Gasteiger partial charge in [0.1, 0.15) is 0 Å². The summed E-state index contributed by atoms with van der Waals surface area (Å²) in [6.45, 7) is 0. The van der Waals surface area contributed by atoms with E-state index in [0.717, 1.165) is 5.56 Å². The van der Waals surface area contributed by atoms with Crippen molar-refractivity contribution in [3.05, 3.63) is 24.8 Å². The number of nitrogens with zero attached hydrogens (tertiary/aromatic N) is 4. The summed E-state index contributed by atoms with van der Waals surface area (Å²) in [6, 6.07) is 0. The van der Waals surface area contributed by atoms with E-state index in [4.69, 9.17) is 5.11 Å². The van der Waals surface area contributed by atoms with E-state index in [1.807, 2.05) is 13.2 Å². The van der Waals surface area contributed by atoms with Crippen molar-refractivity contribution >= 4 is 0 Å². The number of hydrogen-bond acceptors (Lipinski definition) is 4. The van der Waals surface area contributed by atoms with E-state index >= 15 is 0 Å². The van der Waals surface area contributed by atoms with Gasteiger partial charge in [-0.1, -0.05) is 0 Å². The molecule has 0 atom stereocenters. The third-order valence-corrected chi connectivity index (χ3v) is 1.60. The van der Waals surface area contributed by atoms with Crippen LogP contribution in [-0.2, 0) is 7.05 Å². The van der Waals surface area contributed by atoms with Gasteiger partial charge in [-0.2, -0.15) is 5.10 Å². The molecule has 2 rings (SSSR count). The van der Waals surface area contributed by atoms with Crippen LogP contribution in [0.5, 0.6) is 5.75 Å². The summed E-state index contributed by atoms with van der Waals surface area (Å²) in [5.74, 6) is 0.624. The van der Waals surface area contributed by atoms with Crippen molar-refractivity contribution in [3.8, 4) is 17.1 Å². The Labute approximate surface area is 74.7 Å². The number of aromatic hydroxyl groups is 1. The quantitative estimate of drug-likeness (QED) is 0.690. The fourth-order valence-electron chi connectivity index (χ4n) is 1.01. The second-order valence-electron chi connectivity index (χ2n) is 2.67. The zero-order chi connectivity index (χ0) is 9.26. The smallest absolute Gasteiger partial charge is 0.162 e. The Morgan fingerprint density at radius 2 is 1.92 bits per heavy atom. The van der Waals surface area contributed by atoms with E-state index in [-0.39, 0.29) is 5.75 Å². The zero-order valence-corrected chi connectivity index (χ0v) is 7.05. The molecule has 2 aromatic rings. The summed E-state index contributed by atoms with van der Waals surface area (Å²) >= 11 is 0. The van der Waals surface area contributed by atoms with Gasteiger partial charge in [0.05, 0.1) is 24.2 Å². The molecule has 0 bridgehead atoms. The molecule has 0 aliphatic carbocycles. The zero-order valence-electron chi connectivity index (χ0n) is 7.05. The largest absolute Gasteiger partial charge is 0.505 e. The summed E-state index contributed by atoms with van der Waals surface area (Å²) < 4.78 is 1.67. The molecule has 0 saturated carbocycles. The first kappa shape index (κ1) is 7.72. The topological polar surface area (TPSA) is 63.8 Å². The number of aryl methyl sites for hydroxylation is 1. The molecule has 2 aromatic heterocycles. The molecule has 2 heterocycles. The summed E-state index contributed by atoms with van der Waals surface area (Å²) in [7, 11) is 1.82. The highest BCUT2D eigenvalue weighted by molar-refractivity contribution is 5.51. The van der Waals surface area contributed by atoms with Gasteiger partial charge in [0.25, 0.3) is 0 Å². The summed E-state index contributed by atoms with van der Waals surface area (Å²) in [5.41, 5.74) is 0.836. The van der Waals surface area contributed by atoms with E-state index in [9.17, 15) is 0 Å². The van der Waals surface area contributed by atoms with Crippen LogP contribution in [0.25, 0.3) is 11.4 Å². The average molecular weight is 176 g/mol. The van der Waals surface area contributed by atoms with Crippen LogP contribution in [0.3, 0.4) is 0 Å². The lowest BCUT2D eigenvalue weighted by Gasteiger charge is -1.93. The standard InChI is InChI=1S/C8H8N4O/c1-12-5-6(2-11-12)8-9-3-7(13)4-10-8/h2-5,13H,1H3. The Morgan fingerprint density at radius 1 is 1.23 bits per heavy atom. The fraction of sp³-hybridized carbons (Fsp3) is 0.125. The number of hydrogen-bond donors (Lipinski definition) is 1. The van der Waals surface area contributed by atoms with Crippen molar-refractivity contribution in [2.45, 2.75) is 0 Å². The maximum atomic E-state index is 8.96. The SMILES string of the molecule is Cn1cc(-c2ncc(O)cn2)cn1. The maximum absolute atomic E-state index is 8.96. The molecular formula is C8H8N4O. The van der Waals surface area contributed by atoms with Gasteiger partial charge in [-0.15, -0.1) is 0 Å². The van der Waals surface area contributed by atoms with Crippen molar-refractivity contribution in [3.63, 3.8) is 0 Å². The molecule has 0 radical (unpaired) electrons. The molecular weight excluding hydrogens is 168 g/mol. The van der Waals surface area contributed by atoms with Gasteiger partial charge in [0, 0.05) is 13.2 Å². The summed E-state index contributed by atoms with van der Waals surface area (Å²) in [5, 5.41) is 13.0. The van der Waals surface area contributed by atoms with Crippen molar-refractivity contribution in [1.82, 2.24) is 19.7 Å². The predicted octanol–water partition coefficient (Wildman–Crippen LogP) is 0.583. The Hall–Kier alpha value is -1.91. The highest BCUT2D eigenvalue weighted by Crippen LogP contribution is 2.13. The van der Waals surface area contributed by atoms with E-state index in [2.05, 4.69) is 15.1 Å². The van der Waals surface area contributed by atoms with Crippen LogP contribution in [0.1, 0.15) is 0 Å². The monoisotopic (exact) mass is 176 g/mol. The molecule has 0 amide bonds. The van der Waals surface area contributed by atoms with Crippen LogP contribution in [0, 0.1) is 0 Å². The van der Waals surface area contributed by atoms with Gasteiger partial charge in [-0.3, -0.25) is 4.68 Å². The van der Waals surface area contributed by atoms with E-state index in [1.54, 1.807) is 10.9 Å². The van der Waals surface area contributed by atoms with Gasteiger partial charge in [0.15, 0.2) is 11.6 Å². The molecule has 0 aromatic carbocycles. The van der Waals surface area contributed by atoms with E-state index in [1.165, 1.54) is 12.4 Å². The van der Waals surface area contributed by atoms with Crippen molar-refractivity contribution < 1.29 is 5.11 Å². The second-order valence-corrected chi connectivity index (χ2v) is 2.67. The first-order chi connectivity index (χ1) is 6.25. The molecule has 0 aliphatic rings. The molecule has 0 unspecified atom stereocenters. The molecule has 5 nitrogen and oxygen atoms in total. The second kappa shape index (κ2) is 2.85. The number of aromatic nitrogens is 4. The molecule has 0 fully saturated rings. The lowest BCUT2D eigenvalue weighted by atomic mass is 10.3. The Bertz CT molecular complexity index is 406.